The molecule has 2 heterocycles. The number of carbonyl (C=O) groups is 1. The van der Waals surface area contributed by atoms with Gasteiger partial charge in [0.15, 0.2) is 0 Å². The van der Waals surface area contributed by atoms with Crippen molar-refractivity contribution in [1.82, 2.24) is 14.9 Å². The van der Waals surface area contributed by atoms with Crippen LogP contribution in [-0.4, -0.2) is 39.9 Å². The smallest absolute Gasteiger partial charge is 0.256 e. The van der Waals surface area contributed by atoms with Gasteiger partial charge in [-0.15, -0.1) is 24.8 Å². The Morgan fingerprint density at radius 2 is 2.23 bits per heavy atom. The molecular formula is C14H19Cl2FN4O. The Kier molecular flexibility index (Phi) is 6.17. The van der Waals surface area contributed by atoms with Crippen LogP contribution in [0, 0.1) is 11.7 Å². The summed E-state index contributed by atoms with van der Waals surface area (Å²) in [5, 5.41) is 0. The summed E-state index contributed by atoms with van der Waals surface area (Å²) in [5.41, 5.74) is 7.04. The van der Waals surface area contributed by atoms with E-state index in [2.05, 4.69) is 9.97 Å². The van der Waals surface area contributed by atoms with Gasteiger partial charge in [0, 0.05) is 12.6 Å². The number of aromatic amines is 1. The molecule has 0 spiro atoms. The molecule has 0 radical (unpaired) electrons. The minimum Gasteiger partial charge on any atom is -0.344 e. The summed E-state index contributed by atoms with van der Waals surface area (Å²) in [6.07, 6.45) is 2.36. The summed E-state index contributed by atoms with van der Waals surface area (Å²) >= 11 is 0. The van der Waals surface area contributed by atoms with E-state index in [9.17, 15) is 9.18 Å². The molecule has 1 saturated heterocycles. The maximum Gasteiger partial charge on any atom is 0.256 e. The van der Waals surface area contributed by atoms with E-state index < -0.39 is 5.82 Å². The van der Waals surface area contributed by atoms with Gasteiger partial charge in [0.05, 0.1) is 17.4 Å². The van der Waals surface area contributed by atoms with Crippen LogP contribution in [0.15, 0.2) is 18.5 Å². The zero-order valence-electron chi connectivity index (χ0n) is 12.1. The van der Waals surface area contributed by atoms with Gasteiger partial charge in [-0.1, -0.05) is 0 Å². The predicted octanol–water partition coefficient (Wildman–Crippen LogP) is 2.35. The molecule has 5 nitrogen and oxygen atoms in total. The number of nitrogens with one attached hydrogen (secondary N) is 1. The van der Waals surface area contributed by atoms with Crippen LogP contribution in [0.1, 0.15) is 23.7 Å². The van der Waals surface area contributed by atoms with Gasteiger partial charge in [-0.25, -0.2) is 9.37 Å². The first-order valence-electron chi connectivity index (χ1n) is 6.73. The highest BCUT2D eigenvalue weighted by atomic mass is 35.5. The molecule has 3 rings (SSSR count). The summed E-state index contributed by atoms with van der Waals surface area (Å²) in [6.45, 7) is 3.18. The van der Waals surface area contributed by atoms with Crippen LogP contribution < -0.4 is 5.73 Å². The number of benzene rings is 1. The van der Waals surface area contributed by atoms with E-state index in [-0.39, 0.29) is 36.8 Å². The van der Waals surface area contributed by atoms with Gasteiger partial charge in [0.2, 0.25) is 0 Å². The van der Waals surface area contributed by atoms with Crippen molar-refractivity contribution in [2.75, 3.05) is 13.1 Å². The van der Waals surface area contributed by atoms with Gasteiger partial charge in [0.25, 0.3) is 5.91 Å². The summed E-state index contributed by atoms with van der Waals surface area (Å²) in [6, 6.07) is 2.72. The van der Waals surface area contributed by atoms with Crippen molar-refractivity contribution in [3.05, 3.63) is 29.8 Å². The molecule has 1 aliphatic heterocycles. The lowest BCUT2D eigenvalue weighted by atomic mass is 10.1. The molecule has 1 aromatic heterocycles. The van der Waals surface area contributed by atoms with Crippen LogP contribution in [0.25, 0.3) is 11.0 Å². The van der Waals surface area contributed by atoms with Gasteiger partial charge in [0.1, 0.15) is 11.3 Å². The highest BCUT2D eigenvalue weighted by Crippen LogP contribution is 2.26. The number of H-pyrrole nitrogens is 1. The molecule has 8 heteroatoms. The van der Waals surface area contributed by atoms with Crippen molar-refractivity contribution in [1.29, 1.82) is 0 Å². The number of nitrogens with zero attached hydrogens (tertiary/aromatic N) is 2. The number of carbonyl (C=O) groups excluding carboxylic acids is 1. The zero-order valence-corrected chi connectivity index (χ0v) is 13.7. The molecular weight excluding hydrogens is 330 g/mol. The normalized spacial score (nSPS) is 20.6. The number of likely N-dealkylation sites (tertiary alicyclic amines) is 1. The Balaban J connectivity index is 0.00000121. The zero-order chi connectivity index (χ0) is 14.3. The molecule has 0 aliphatic carbocycles. The highest BCUT2D eigenvalue weighted by Gasteiger charge is 2.33. The number of nitrogens with two attached hydrogens (primary N) is 1. The lowest BCUT2D eigenvalue weighted by molar-refractivity contribution is 0.0745. The van der Waals surface area contributed by atoms with E-state index in [0.717, 1.165) is 6.42 Å². The third kappa shape index (κ3) is 3.19. The fourth-order valence-electron chi connectivity index (χ4n) is 2.93. The maximum atomic E-state index is 13.6. The molecule has 2 atom stereocenters. The van der Waals surface area contributed by atoms with Crippen LogP contribution in [0.5, 0.6) is 0 Å². The fourth-order valence-corrected chi connectivity index (χ4v) is 2.93. The Morgan fingerprint density at radius 1 is 1.50 bits per heavy atom. The number of aromatic nitrogens is 2. The summed E-state index contributed by atoms with van der Waals surface area (Å²) in [5.74, 6) is -0.297. The van der Waals surface area contributed by atoms with E-state index in [4.69, 9.17) is 5.73 Å². The third-order valence-corrected chi connectivity index (χ3v) is 3.97. The third-order valence-electron chi connectivity index (χ3n) is 3.97. The van der Waals surface area contributed by atoms with Gasteiger partial charge in [-0.2, -0.15) is 0 Å². The van der Waals surface area contributed by atoms with Gasteiger partial charge < -0.3 is 15.6 Å². The topological polar surface area (TPSA) is 75.0 Å². The standard InChI is InChI=1S/C14H17FN4O.2ClH/c1-8-2-9(5-16)6-19(8)14(20)11-3-10(15)4-12-13(11)18-7-17-12;;/h3-4,7-9H,2,5-6,16H2,1H3,(H,17,18);2*1H. The Morgan fingerprint density at radius 3 is 2.86 bits per heavy atom. The van der Waals surface area contributed by atoms with E-state index in [1.165, 1.54) is 18.5 Å². The number of halogens is 3. The second kappa shape index (κ2) is 7.26. The molecule has 1 aliphatic rings. The largest absolute Gasteiger partial charge is 0.344 e. The number of amides is 1. The van der Waals surface area contributed by atoms with Crippen molar-refractivity contribution in [2.45, 2.75) is 19.4 Å². The van der Waals surface area contributed by atoms with Crippen molar-refractivity contribution in [2.24, 2.45) is 11.7 Å². The molecule has 0 saturated carbocycles. The molecule has 22 heavy (non-hydrogen) atoms. The molecule has 1 fully saturated rings. The first-order valence-corrected chi connectivity index (χ1v) is 6.73. The minimum atomic E-state index is -0.438. The van der Waals surface area contributed by atoms with Gasteiger partial charge in [-0.3, -0.25) is 4.79 Å². The van der Waals surface area contributed by atoms with Crippen LogP contribution >= 0.6 is 24.8 Å². The van der Waals surface area contributed by atoms with Crippen molar-refractivity contribution in [3.63, 3.8) is 0 Å². The van der Waals surface area contributed by atoms with E-state index in [1.807, 2.05) is 6.92 Å². The molecule has 122 valence electrons. The molecule has 0 bridgehead atoms. The molecule has 1 amide bonds. The monoisotopic (exact) mass is 348 g/mol. The first-order chi connectivity index (χ1) is 9.60. The van der Waals surface area contributed by atoms with Crippen LogP contribution in [-0.2, 0) is 0 Å². The summed E-state index contributed by atoms with van der Waals surface area (Å²) in [4.78, 5) is 21.4. The Hall–Kier alpha value is -1.37. The number of hydrogen-bond acceptors (Lipinski definition) is 3. The first kappa shape index (κ1) is 18.7. The van der Waals surface area contributed by atoms with Gasteiger partial charge in [-0.05, 0) is 37.9 Å². The number of rotatable bonds is 2. The Labute approximate surface area is 140 Å². The second-order valence-electron chi connectivity index (χ2n) is 5.40. The molecule has 1 aromatic carbocycles. The van der Waals surface area contributed by atoms with E-state index >= 15 is 0 Å². The van der Waals surface area contributed by atoms with Crippen molar-refractivity contribution in [3.8, 4) is 0 Å². The quantitative estimate of drug-likeness (QED) is 0.874. The van der Waals surface area contributed by atoms with Crippen LogP contribution in [0.2, 0.25) is 0 Å². The average Bonchev–Trinajstić information content (AvgIpc) is 3.02. The molecule has 3 N–H and O–H groups in total. The molecule has 2 unspecified atom stereocenters. The van der Waals surface area contributed by atoms with Crippen LogP contribution in [0.3, 0.4) is 0 Å². The summed E-state index contributed by atoms with van der Waals surface area (Å²) < 4.78 is 13.6. The Bertz CT molecular complexity index is 663. The molecule has 2 aromatic rings. The van der Waals surface area contributed by atoms with E-state index in [0.29, 0.717) is 35.6 Å². The van der Waals surface area contributed by atoms with Crippen molar-refractivity contribution >= 4 is 41.8 Å². The predicted molar refractivity (Wildman–Crippen MR) is 88.2 cm³/mol. The van der Waals surface area contributed by atoms with Gasteiger partial charge >= 0.3 is 0 Å². The lowest BCUT2D eigenvalue weighted by Crippen LogP contribution is -2.34. The average molecular weight is 349 g/mol. The lowest BCUT2D eigenvalue weighted by Gasteiger charge is -2.21. The SMILES string of the molecule is CC1CC(CN)CN1C(=O)c1cc(F)cc2[nH]cnc12.Cl.Cl. The number of hydrogen-bond donors (Lipinski definition) is 2. The fraction of sp³-hybridized carbons (Fsp3) is 0.429. The maximum absolute atomic E-state index is 13.6. The second-order valence-corrected chi connectivity index (χ2v) is 5.40. The summed E-state index contributed by atoms with van der Waals surface area (Å²) in [7, 11) is 0. The van der Waals surface area contributed by atoms with Crippen LogP contribution in [0.4, 0.5) is 4.39 Å². The minimum absolute atomic E-state index is 0. The number of imidazole rings is 1. The number of fused-ring (bicyclic) bond motifs is 1. The van der Waals surface area contributed by atoms with Crippen molar-refractivity contribution < 1.29 is 9.18 Å². The van der Waals surface area contributed by atoms with E-state index in [1.54, 1.807) is 4.90 Å². The highest BCUT2D eigenvalue weighted by molar-refractivity contribution is 6.05.